The Labute approximate surface area is 115 Å². The molecule has 1 aromatic rings. The van der Waals surface area contributed by atoms with Crippen LogP contribution in [-0.2, 0) is 11.2 Å². The van der Waals surface area contributed by atoms with Crippen LogP contribution in [0.5, 0.6) is 0 Å². The minimum Gasteiger partial charge on any atom is -0.379 e. The van der Waals surface area contributed by atoms with Gasteiger partial charge in [-0.15, -0.1) is 11.3 Å². The lowest BCUT2D eigenvalue weighted by molar-refractivity contribution is -0.0109. The molecular formula is C14H26N2OS. The van der Waals surface area contributed by atoms with Gasteiger partial charge < -0.3 is 10.1 Å². The van der Waals surface area contributed by atoms with Gasteiger partial charge in [-0.05, 0) is 18.4 Å². The summed E-state index contributed by atoms with van der Waals surface area (Å²) >= 11 is 1.72. The second-order valence-electron chi connectivity index (χ2n) is 5.71. The van der Waals surface area contributed by atoms with Gasteiger partial charge in [0.25, 0.3) is 0 Å². The summed E-state index contributed by atoms with van der Waals surface area (Å²) in [6.45, 7) is 9.88. The molecule has 18 heavy (non-hydrogen) atoms. The molecule has 2 atom stereocenters. The van der Waals surface area contributed by atoms with Crippen LogP contribution in [-0.4, -0.2) is 30.8 Å². The first-order valence-corrected chi connectivity index (χ1v) is 7.51. The summed E-state index contributed by atoms with van der Waals surface area (Å²) in [5, 5.41) is 6.82. The highest BCUT2D eigenvalue weighted by Gasteiger charge is 2.32. The zero-order valence-electron chi connectivity index (χ0n) is 12.2. The number of aromatic nitrogens is 1. The van der Waals surface area contributed by atoms with E-state index in [0.29, 0.717) is 6.04 Å². The zero-order chi connectivity index (χ0) is 13.6. The number of nitrogens with zero attached hydrogens (tertiary/aromatic N) is 1. The molecule has 1 N–H and O–H groups in total. The monoisotopic (exact) mass is 270 g/mol. The Balaban J connectivity index is 2.75. The molecule has 3 nitrogen and oxygen atoms in total. The highest BCUT2D eigenvalue weighted by molar-refractivity contribution is 7.09. The van der Waals surface area contributed by atoms with E-state index in [1.165, 1.54) is 5.01 Å². The zero-order valence-corrected chi connectivity index (χ0v) is 13.0. The summed E-state index contributed by atoms with van der Waals surface area (Å²) < 4.78 is 5.74. The number of methoxy groups -OCH3 is 1. The molecule has 0 amide bonds. The van der Waals surface area contributed by atoms with Gasteiger partial charge in [0.2, 0.25) is 0 Å². The van der Waals surface area contributed by atoms with Crippen molar-refractivity contribution in [3.8, 4) is 0 Å². The van der Waals surface area contributed by atoms with Crippen molar-refractivity contribution < 1.29 is 4.74 Å². The van der Waals surface area contributed by atoms with Gasteiger partial charge in [-0.25, -0.2) is 4.98 Å². The second-order valence-corrected chi connectivity index (χ2v) is 6.69. The van der Waals surface area contributed by atoms with Crippen LogP contribution in [0, 0.1) is 5.41 Å². The predicted molar refractivity (Wildman–Crippen MR) is 78.2 cm³/mol. The Kier molecular flexibility index (Phi) is 6.26. The Morgan fingerprint density at radius 1 is 1.44 bits per heavy atom. The highest BCUT2D eigenvalue weighted by atomic mass is 32.1. The van der Waals surface area contributed by atoms with Crippen molar-refractivity contribution in [2.45, 2.75) is 52.7 Å². The molecule has 2 unspecified atom stereocenters. The molecular weight excluding hydrogens is 244 g/mol. The summed E-state index contributed by atoms with van der Waals surface area (Å²) in [6, 6.07) is 0.320. The Hall–Kier alpha value is -0.450. The number of nitrogens with one attached hydrogen (secondary N) is 1. The Morgan fingerprint density at radius 2 is 2.17 bits per heavy atom. The van der Waals surface area contributed by atoms with Crippen molar-refractivity contribution in [2.75, 3.05) is 13.7 Å². The first-order valence-electron chi connectivity index (χ1n) is 6.63. The third kappa shape index (κ3) is 4.67. The molecule has 1 rings (SSSR count). The quantitative estimate of drug-likeness (QED) is 0.826. The van der Waals surface area contributed by atoms with Crippen LogP contribution in [0.15, 0.2) is 11.6 Å². The topological polar surface area (TPSA) is 34.2 Å². The smallest absolute Gasteiger partial charge is 0.0941 e. The minimum absolute atomic E-state index is 0.122. The second kappa shape index (κ2) is 7.22. The van der Waals surface area contributed by atoms with Gasteiger partial charge in [0, 0.05) is 31.1 Å². The lowest BCUT2D eigenvalue weighted by Gasteiger charge is -2.36. The van der Waals surface area contributed by atoms with Gasteiger partial charge in [-0.3, -0.25) is 0 Å². The number of thiazole rings is 1. The fourth-order valence-electron chi connectivity index (χ4n) is 2.28. The lowest BCUT2D eigenvalue weighted by atomic mass is 9.83. The first kappa shape index (κ1) is 15.6. The molecule has 0 aliphatic rings. The summed E-state index contributed by atoms with van der Waals surface area (Å²) in [5.41, 5.74) is 0.122. The SMILES string of the molecule is CCCNC(Cc1nccs1)C(OC)C(C)(C)C. The number of hydrogen-bond acceptors (Lipinski definition) is 4. The van der Waals surface area contributed by atoms with E-state index in [2.05, 4.69) is 38.0 Å². The molecule has 1 heterocycles. The van der Waals surface area contributed by atoms with E-state index < -0.39 is 0 Å². The average Bonchev–Trinajstić information content (AvgIpc) is 2.77. The molecule has 4 heteroatoms. The van der Waals surface area contributed by atoms with E-state index >= 15 is 0 Å². The van der Waals surface area contributed by atoms with E-state index in [0.717, 1.165) is 19.4 Å². The standard InChI is InChI=1S/C14H26N2OS/c1-6-7-15-11(10-12-16-8-9-18-12)13(17-5)14(2,3)4/h8-9,11,13,15H,6-7,10H2,1-5H3. The van der Waals surface area contributed by atoms with Gasteiger partial charge in [-0.2, -0.15) is 0 Å². The van der Waals surface area contributed by atoms with E-state index in [4.69, 9.17) is 4.74 Å². The van der Waals surface area contributed by atoms with Crippen molar-refractivity contribution in [1.82, 2.24) is 10.3 Å². The molecule has 0 saturated heterocycles. The molecule has 0 aromatic carbocycles. The Bertz CT molecular complexity index is 319. The Morgan fingerprint density at radius 3 is 2.61 bits per heavy atom. The summed E-state index contributed by atoms with van der Waals surface area (Å²) in [7, 11) is 1.80. The third-order valence-electron chi connectivity index (χ3n) is 3.01. The molecule has 0 bridgehead atoms. The van der Waals surface area contributed by atoms with Gasteiger partial charge in [0.15, 0.2) is 0 Å². The first-order chi connectivity index (χ1) is 8.49. The number of rotatable bonds is 7. The lowest BCUT2D eigenvalue weighted by Crippen LogP contribution is -2.49. The van der Waals surface area contributed by atoms with Gasteiger partial charge >= 0.3 is 0 Å². The molecule has 104 valence electrons. The molecule has 0 radical (unpaired) electrons. The van der Waals surface area contributed by atoms with E-state index in [-0.39, 0.29) is 11.5 Å². The molecule has 1 aromatic heterocycles. The van der Waals surface area contributed by atoms with Crippen LogP contribution >= 0.6 is 11.3 Å². The fourth-order valence-corrected chi connectivity index (χ4v) is 2.96. The maximum Gasteiger partial charge on any atom is 0.0941 e. The molecule has 0 aliphatic carbocycles. The van der Waals surface area contributed by atoms with Crippen LogP contribution in [0.1, 0.15) is 39.1 Å². The molecule has 0 saturated carbocycles. The highest BCUT2D eigenvalue weighted by Crippen LogP contribution is 2.26. The maximum atomic E-state index is 5.74. The van der Waals surface area contributed by atoms with Crippen molar-refractivity contribution in [3.63, 3.8) is 0 Å². The van der Waals surface area contributed by atoms with Crippen LogP contribution < -0.4 is 5.32 Å². The fraction of sp³-hybridized carbons (Fsp3) is 0.786. The van der Waals surface area contributed by atoms with Crippen molar-refractivity contribution in [3.05, 3.63) is 16.6 Å². The van der Waals surface area contributed by atoms with Gasteiger partial charge in [0.1, 0.15) is 0 Å². The number of hydrogen-bond donors (Lipinski definition) is 1. The summed E-state index contributed by atoms with van der Waals surface area (Å²) in [5.74, 6) is 0. The molecule has 0 spiro atoms. The summed E-state index contributed by atoms with van der Waals surface area (Å²) in [6.07, 6.45) is 4.13. The van der Waals surface area contributed by atoms with Gasteiger partial charge in [0.05, 0.1) is 11.1 Å². The van der Waals surface area contributed by atoms with Gasteiger partial charge in [-0.1, -0.05) is 27.7 Å². The largest absolute Gasteiger partial charge is 0.379 e. The molecule has 0 fully saturated rings. The van der Waals surface area contributed by atoms with Crippen molar-refractivity contribution in [1.29, 1.82) is 0 Å². The van der Waals surface area contributed by atoms with Crippen LogP contribution in [0.4, 0.5) is 0 Å². The van der Waals surface area contributed by atoms with Crippen LogP contribution in [0.2, 0.25) is 0 Å². The van der Waals surface area contributed by atoms with Crippen LogP contribution in [0.3, 0.4) is 0 Å². The van der Waals surface area contributed by atoms with E-state index in [9.17, 15) is 0 Å². The van der Waals surface area contributed by atoms with Crippen molar-refractivity contribution in [2.24, 2.45) is 5.41 Å². The summed E-state index contributed by atoms with van der Waals surface area (Å²) in [4.78, 5) is 4.39. The van der Waals surface area contributed by atoms with E-state index in [1.54, 1.807) is 18.4 Å². The van der Waals surface area contributed by atoms with Crippen molar-refractivity contribution >= 4 is 11.3 Å². The third-order valence-corrected chi connectivity index (χ3v) is 3.81. The number of ether oxygens (including phenoxy) is 1. The predicted octanol–water partition coefficient (Wildman–Crippen LogP) is 3.11. The van der Waals surface area contributed by atoms with E-state index in [1.807, 2.05) is 11.6 Å². The normalized spacial score (nSPS) is 15.6. The average molecular weight is 270 g/mol. The molecule has 0 aliphatic heterocycles. The maximum absolute atomic E-state index is 5.74. The van der Waals surface area contributed by atoms with Crippen LogP contribution in [0.25, 0.3) is 0 Å². The minimum atomic E-state index is 0.122.